The predicted octanol–water partition coefficient (Wildman–Crippen LogP) is 3.12. The summed E-state index contributed by atoms with van der Waals surface area (Å²) in [6.07, 6.45) is 6.04. The van der Waals surface area contributed by atoms with E-state index in [1.165, 1.54) is 4.31 Å². The van der Waals surface area contributed by atoms with Gasteiger partial charge in [0.2, 0.25) is 10.0 Å². The number of amides is 1. The fraction of sp³-hybridized carbons (Fsp3) is 0.632. The Morgan fingerprint density at radius 3 is 2.52 bits per heavy atom. The highest BCUT2D eigenvalue weighted by Gasteiger charge is 2.32. The van der Waals surface area contributed by atoms with Crippen LogP contribution in [0.4, 0.5) is 0 Å². The molecule has 5 nitrogen and oxygen atoms in total. The first kappa shape index (κ1) is 18.4. The minimum Gasteiger partial charge on any atom is -0.338 e. The van der Waals surface area contributed by atoms with Crippen molar-refractivity contribution in [2.24, 2.45) is 5.92 Å². The number of nitrogens with zero attached hydrogens (tertiary/aromatic N) is 2. The average Bonchev–Trinajstić information content (AvgIpc) is 2.68. The summed E-state index contributed by atoms with van der Waals surface area (Å²) in [6.45, 7) is 4.69. The lowest BCUT2D eigenvalue weighted by molar-refractivity contribution is 0.0667. The molecule has 0 saturated carbocycles. The van der Waals surface area contributed by atoms with Crippen LogP contribution in [0, 0.1) is 5.92 Å². The van der Waals surface area contributed by atoms with Gasteiger partial charge in [-0.05, 0) is 43.7 Å². The van der Waals surface area contributed by atoms with Crippen molar-refractivity contribution in [3.63, 3.8) is 0 Å². The van der Waals surface area contributed by atoms with E-state index < -0.39 is 10.0 Å². The maximum absolute atomic E-state index is 13.1. The van der Waals surface area contributed by atoms with Crippen molar-refractivity contribution >= 4 is 15.9 Å². The van der Waals surface area contributed by atoms with Crippen LogP contribution in [0.1, 0.15) is 55.8 Å². The molecule has 1 unspecified atom stereocenters. The van der Waals surface area contributed by atoms with Crippen molar-refractivity contribution in [2.75, 3.05) is 26.2 Å². The van der Waals surface area contributed by atoms with Gasteiger partial charge in [-0.3, -0.25) is 4.79 Å². The zero-order valence-corrected chi connectivity index (χ0v) is 15.8. The van der Waals surface area contributed by atoms with Crippen molar-refractivity contribution in [3.05, 3.63) is 29.8 Å². The zero-order chi connectivity index (χ0) is 17.9. The molecule has 25 heavy (non-hydrogen) atoms. The molecule has 2 aliphatic heterocycles. The Bertz CT molecular complexity index is 711. The molecule has 1 aromatic rings. The Balaban J connectivity index is 1.89. The summed E-state index contributed by atoms with van der Waals surface area (Å²) in [4.78, 5) is 15.1. The lowest BCUT2D eigenvalue weighted by Gasteiger charge is -2.33. The molecule has 0 N–H and O–H groups in total. The van der Waals surface area contributed by atoms with Gasteiger partial charge in [-0.25, -0.2) is 8.42 Å². The molecule has 1 atom stereocenters. The normalized spacial score (nSPS) is 22.8. The molecule has 0 aromatic heterocycles. The number of carbonyl (C=O) groups excluding carboxylic acids is 1. The Hall–Kier alpha value is -1.40. The van der Waals surface area contributed by atoms with Gasteiger partial charge < -0.3 is 4.90 Å². The molecule has 0 spiro atoms. The molecule has 1 aromatic carbocycles. The van der Waals surface area contributed by atoms with E-state index in [9.17, 15) is 13.2 Å². The highest BCUT2D eigenvalue weighted by Crippen LogP contribution is 2.26. The Morgan fingerprint density at radius 2 is 1.80 bits per heavy atom. The van der Waals surface area contributed by atoms with Crippen LogP contribution in [0.25, 0.3) is 0 Å². The van der Waals surface area contributed by atoms with Crippen LogP contribution in [0.15, 0.2) is 29.2 Å². The Labute approximate surface area is 151 Å². The van der Waals surface area contributed by atoms with Crippen LogP contribution in [0.2, 0.25) is 0 Å². The monoisotopic (exact) mass is 364 g/mol. The third kappa shape index (κ3) is 3.90. The molecule has 2 aliphatic rings. The lowest BCUT2D eigenvalue weighted by atomic mass is 9.95. The fourth-order valence-electron chi connectivity index (χ4n) is 3.87. The minimum atomic E-state index is -3.61. The predicted molar refractivity (Wildman–Crippen MR) is 98.0 cm³/mol. The van der Waals surface area contributed by atoms with Crippen LogP contribution in [-0.4, -0.2) is 49.7 Å². The minimum absolute atomic E-state index is 0.144. The second-order valence-corrected chi connectivity index (χ2v) is 9.03. The van der Waals surface area contributed by atoms with Gasteiger partial charge in [0.15, 0.2) is 0 Å². The van der Waals surface area contributed by atoms with Crippen molar-refractivity contribution in [2.45, 2.75) is 50.3 Å². The number of likely N-dealkylation sites (tertiary alicyclic amines) is 1. The van der Waals surface area contributed by atoms with Crippen LogP contribution in [-0.2, 0) is 10.0 Å². The molecule has 3 rings (SSSR count). The van der Waals surface area contributed by atoms with Gasteiger partial charge in [-0.15, -0.1) is 0 Å². The van der Waals surface area contributed by atoms with Crippen LogP contribution in [0.5, 0.6) is 0 Å². The van der Waals surface area contributed by atoms with Gasteiger partial charge in [0.25, 0.3) is 5.91 Å². The summed E-state index contributed by atoms with van der Waals surface area (Å²) >= 11 is 0. The number of hydrogen-bond acceptors (Lipinski definition) is 3. The number of benzene rings is 1. The SMILES string of the molecule is CCC1CCCN(C(=O)c2ccccc2S(=O)(=O)N2CCCCC2)C1. The fourth-order valence-corrected chi connectivity index (χ4v) is 5.57. The molecule has 0 bridgehead atoms. The standard InChI is InChI=1S/C19H28N2O3S/c1-2-16-9-8-12-20(15-16)19(22)17-10-4-5-11-18(17)25(23,24)21-13-6-3-7-14-21/h4-5,10-11,16H,2-3,6-9,12-15H2,1H3. The van der Waals surface area contributed by atoms with Gasteiger partial charge in [-0.2, -0.15) is 4.31 Å². The second kappa shape index (κ2) is 7.87. The maximum atomic E-state index is 13.1. The molecule has 138 valence electrons. The van der Waals surface area contributed by atoms with Gasteiger partial charge >= 0.3 is 0 Å². The van der Waals surface area contributed by atoms with Crippen molar-refractivity contribution in [1.82, 2.24) is 9.21 Å². The van der Waals surface area contributed by atoms with Crippen molar-refractivity contribution in [1.29, 1.82) is 0 Å². The highest BCUT2D eigenvalue weighted by molar-refractivity contribution is 7.89. The van der Waals surface area contributed by atoms with E-state index in [0.717, 1.165) is 45.1 Å². The van der Waals surface area contributed by atoms with Crippen LogP contribution >= 0.6 is 0 Å². The van der Waals surface area contributed by atoms with Crippen LogP contribution in [0.3, 0.4) is 0 Å². The molecule has 2 heterocycles. The van der Waals surface area contributed by atoms with Crippen LogP contribution < -0.4 is 0 Å². The van der Waals surface area contributed by atoms with E-state index in [4.69, 9.17) is 0 Å². The smallest absolute Gasteiger partial charge is 0.255 e. The molecule has 0 radical (unpaired) electrons. The molecular weight excluding hydrogens is 336 g/mol. The van der Waals surface area contributed by atoms with E-state index in [1.54, 1.807) is 24.3 Å². The third-order valence-corrected chi connectivity index (χ3v) is 7.39. The average molecular weight is 365 g/mol. The molecular formula is C19H28N2O3S. The van der Waals surface area contributed by atoms with E-state index in [1.807, 2.05) is 4.90 Å². The van der Waals surface area contributed by atoms with E-state index in [2.05, 4.69) is 6.92 Å². The molecule has 0 aliphatic carbocycles. The molecule has 2 saturated heterocycles. The zero-order valence-electron chi connectivity index (χ0n) is 15.0. The number of piperidine rings is 2. The number of hydrogen-bond donors (Lipinski definition) is 0. The summed E-state index contributed by atoms with van der Waals surface area (Å²) in [5.41, 5.74) is 0.324. The van der Waals surface area contributed by atoms with E-state index in [0.29, 0.717) is 31.1 Å². The first-order chi connectivity index (χ1) is 12.0. The molecule has 2 fully saturated rings. The van der Waals surface area contributed by atoms with E-state index >= 15 is 0 Å². The largest absolute Gasteiger partial charge is 0.338 e. The number of sulfonamides is 1. The van der Waals surface area contributed by atoms with Gasteiger partial charge in [0.1, 0.15) is 0 Å². The summed E-state index contributed by atoms with van der Waals surface area (Å²) < 4.78 is 27.7. The van der Waals surface area contributed by atoms with Crippen molar-refractivity contribution in [3.8, 4) is 0 Å². The lowest BCUT2D eigenvalue weighted by Crippen LogP contribution is -2.41. The van der Waals surface area contributed by atoms with Crippen molar-refractivity contribution < 1.29 is 13.2 Å². The first-order valence-corrected chi connectivity index (χ1v) is 10.9. The summed E-state index contributed by atoms with van der Waals surface area (Å²) in [5, 5.41) is 0. The van der Waals surface area contributed by atoms with Gasteiger partial charge in [-0.1, -0.05) is 31.9 Å². The summed E-state index contributed by atoms with van der Waals surface area (Å²) in [6, 6.07) is 6.70. The maximum Gasteiger partial charge on any atom is 0.255 e. The van der Waals surface area contributed by atoms with Gasteiger partial charge in [0, 0.05) is 26.2 Å². The molecule has 6 heteroatoms. The number of carbonyl (C=O) groups is 1. The van der Waals surface area contributed by atoms with E-state index in [-0.39, 0.29) is 10.8 Å². The summed E-state index contributed by atoms with van der Waals surface area (Å²) in [5.74, 6) is 0.373. The van der Waals surface area contributed by atoms with Gasteiger partial charge in [0.05, 0.1) is 10.5 Å². The Kier molecular flexibility index (Phi) is 5.79. The summed E-state index contributed by atoms with van der Waals surface area (Å²) in [7, 11) is -3.61. The topological polar surface area (TPSA) is 57.7 Å². The quantitative estimate of drug-likeness (QED) is 0.825. The second-order valence-electron chi connectivity index (χ2n) is 7.13. The number of rotatable bonds is 4. The first-order valence-electron chi connectivity index (χ1n) is 9.42. The third-order valence-electron chi connectivity index (χ3n) is 5.43. The Morgan fingerprint density at radius 1 is 1.08 bits per heavy atom. The highest BCUT2D eigenvalue weighted by atomic mass is 32.2. The molecule has 1 amide bonds.